The Hall–Kier alpha value is -2.41. The van der Waals surface area contributed by atoms with E-state index in [2.05, 4.69) is 5.10 Å². The van der Waals surface area contributed by atoms with Gasteiger partial charge < -0.3 is 0 Å². The van der Waals surface area contributed by atoms with Crippen molar-refractivity contribution in [2.45, 2.75) is 13.1 Å². The van der Waals surface area contributed by atoms with E-state index in [1.54, 1.807) is 36.6 Å². The molecular weight excluding hydrogens is 325 g/mol. The molecule has 1 aliphatic heterocycles. The summed E-state index contributed by atoms with van der Waals surface area (Å²) in [5.41, 5.74) is -0.494. The molecule has 0 saturated carbocycles. The molecule has 2 heterocycles. The number of aryl methyl sites for hydroxylation is 1. The van der Waals surface area contributed by atoms with E-state index < -0.39 is 23.4 Å². The Morgan fingerprint density at radius 3 is 2.43 bits per heavy atom. The van der Waals surface area contributed by atoms with E-state index in [1.165, 1.54) is 29.5 Å². The van der Waals surface area contributed by atoms with E-state index in [0.717, 1.165) is 10.6 Å². The number of amides is 1. The zero-order chi connectivity index (χ0) is 16.6. The number of halogens is 3. The number of hydrogen-bond acceptors (Lipinski definition) is 3. The highest BCUT2D eigenvalue weighted by Crippen LogP contribution is 2.33. The van der Waals surface area contributed by atoms with E-state index in [1.807, 2.05) is 0 Å². The molecule has 0 fully saturated rings. The molecule has 1 aromatic heterocycles. The van der Waals surface area contributed by atoms with Crippen molar-refractivity contribution in [2.24, 2.45) is 5.10 Å². The molecule has 0 N–H and O–H groups in total. The lowest BCUT2D eigenvalue weighted by Crippen LogP contribution is -2.25. The van der Waals surface area contributed by atoms with Gasteiger partial charge in [0.25, 0.3) is 5.91 Å². The fourth-order valence-corrected chi connectivity index (χ4v) is 3.02. The lowest BCUT2D eigenvalue weighted by atomic mass is 10.1. The molecule has 7 heteroatoms. The van der Waals surface area contributed by atoms with Gasteiger partial charge in [-0.1, -0.05) is 18.2 Å². The van der Waals surface area contributed by atoms with E-state index in [9.17, 15) is 18.0 Å². The van der Waals surface area contributed by atoms with Gasteiger partial charge in [0.05, 0.1) is 11.3 Å². The number of rotatable bonds is 2. The van der Waals surface area contributed by atoms with Gasteiger partial charge in [0.2, 0.25) is 0 Å². The van der Waals surface area contributed by atoms with Gasteiger partial charge in [0, 0.05) is 4.88 Å². The van der Waals surface area contributed by atoms with Gasteiger partial charge in [-0.3, -0.25) is 4.79 Å². The van der Waals surface area contributed by atoms with Crippen LogP contribution >= 0.6 is 11.3 Å². The summed E-state index contributed by atoms with van der Waals surface area (Å²) in [6.07, 6.45) is -3.44. The Morgan fingerprint density at radius 1 is 1.17 bits per heavy atom. The quantitative estimate of drug-likeness (QED) is 0.748. The molecule has 3 nitrogen and oxygen atoms in total. The summed E-state index contributed by atoms with van der Waals surface area (Å²) in [4.78, 5) is 13.1. The number of hydrazone groups is 1. The van der Waals surface area contributed by atoms with Crippen LogP contribution in [0.25, 0.3) is 6.08 Å². The van der Waals surface area contributed by atoms with Crippen LogP contribution in [0.2, 0.25) is 0 Å². The van der Waals surface area contributed by atoms with E-state index >= 15 is 0 Å². The Balaban J connectivity index is 2.09. The van der Waals surface area contributed by atoms with Gasteiger partial charge in [-0.2, -0.15) is 23.3 Å². The first-order valence-corrected chi connectivity index (χ1v) is 7.57. The van der Waals surface area contributed by atoms with E-state index in [0.29, 0.717) is 10.6 Å². The average molecular weight is 336 g/mol. The molecule has 0 unspecified atom stereocenters. The first-order valence-electron chi connectivity index (χ1n) is 6.69. The summed E-state index contributed by atoms with van der Waals surface area (Å²) in [7, 11) is 0. The average Bonchev–Trinajstić information content (AvgIpc) is 3.05. The molecule has 23 heavy (non-hydrogen) atoms. The number of hydrogen-bond donors (Lipinski definition) is 0. The highest BCUT2D eigenvalue weighted by Gasteiger charge is 2.46. The fourth-order valence-electron chi connectivity index (χ4n) is 2.16. The maximum Gasteiger partial charge on any atom is 0.435 e. The largest absolute Gasteiger partial charge is 0.435 e. The van der Waals surface area contributed by atoms with Gasteiger partial charge in [0.1, 0.15) is 0 Å². The van der Waals surface area contributed by atoms with Crippen LogP contribution in [0, 0.1) is 6.92 Å². The highest BCUT2D eigenvalue weighted by atomic mass is 32.1. The van der Waals surface area contributed by atoms with Crippen LogP contribution in [0.4, 0.5) is 18.9 Å². The third-order valence-corrected chi connectivity index (χ3v) is 4.29. The smallest absolute Gasteiger partial charge is 0.267 e. The van der Waals surface area contributed by atoms with Crippen molar-refractivity contribution in [3.63, 3.8) is 0 Å². The molecule has 0 bridgehead atoms. The van der Waals surface area contributed by atoms with E-state index in [4.69, 9.17) is 0 Å². The van der Waals surface area contributed by atoms with Crippen LogP contribution in [-0.4, -0.2) is 17.8 Å². The third-order valence-electron chi connectivity index (χ3n) is 3.32. The second-order valence-corrected chi connectivity index (χ2v) is 5.87. The predicted octanol–water partition coefficient (Wildman–Crippen LogP) is 4.41. The second kappa shape index (κ2) is 5.66. The topological polar surface area (TPSA) is 32.7 Å². The molecule has 0 aliphatic carbocycles. The van der Waals surface area contributed by atoms with Crippen molar-refractivity contribution in [2.75, 3.05) is 5.01 Å². The van der Waals surface area contributed by atoms with Crippen LogP contribution in [-0.2, 0) is 4.79 Å². The van der Waals surface area contributed by atoms with Crippen molar-refractivity contribution >= 4 is 34.7 Å². The van der Waals surface area contributed by atoms with E-state index in [-0.39, 0.29) is 0 Å². The molecule has 1 aromatic carbocycles. The van der Waals surface area contributed by atoms with Crippen LogP contribution in [0.3, 0.4) is 0 Å². The molecule has 3 rings (SSSR count). The van der Waals surface area contributed by atoms with Gasteiger partial charge >= 0.3 is 6.18 Å². The lowest BCUT2D eigenvalue weighted by Gasteiger charge is -2.10. The van der Waals surface area contributed by atoms with Crippen molar-refractivity contribution in [3.8, 4) is 0 Å². The Labute approximate surface area is 134 Å². The van der Waals surface area contributed by atoms with Crippen LogP contribution < -0.4 is 5.01 Å². The number of alkyl halides is 3. The maximum atomic E-state index is 13.3. The lowest BCUT2D eigenvalue weighted by molar-refractivity contribution is -0.114. The van der Waals surface area contributed by atoms with Gasteiger partial charge in [-0.25, -0.2) is 0 Å². The monoisotopic (exact) mass is 336 g/mol. The number of carbonyl (C=O) groups excluding carboxylic acids is 1. The summed E-state index contributed by atoms with van der Waals surface area (Å²) in [6, 6.07) is 9.84. The summed E-state index contributed by atoms with van der Waals surface area (Å²) in [5, 5.41) is 6.07. The molecule has 1 amide bonds. The Kier molecular flexibility index (Phi) is 3.81. The first kappa shape index (κ1) is 15.5. The molecule has 1 aliphatic rings. The van der Waals surface area contributed by atoms with Gasteiger partial charge in [-0.15, -0.1) is 11.3 Å². The van der Waals surface area contributed by atoms with Gasteiger partial charge in [0.15, 0.2) is 5.71 Å². The van der Waals surface area contributed by atoms with Crippen molar-refractivity contribution < 1.29 is 18.0 Å². The molecule has 0 saturated heterocycles. The summed E-state index contributed by atoms with van der Waals surface area (Å²) in [6.45, 7) is 1.78. The Bertz CT molecular complexity index is 806. The minimum Gasteiger partial charge on any atom is -0.267 e. The number of benzene rings is 1. The number of carbonyl (C=O) groups is 1. The third kappa shape index (κ3) is 2.92. The zero-order valence-corrected chi connectivity index (χ0v) is 12.8. The zero-order valence-electron chi connectivity index (χ0n) is 12.0. The SMILES string of the molecule is Cc1ccsc1/C=C1\C(=O)N(c2ccccc2)N=C1C(F)(F)F. The maximum absolute atomic E-state index is 13.3. The molecular formula is C16H11F3N2OS. The summed E-state index contributed by atoms with van der Waals surface area (Å²) >= 11 is 1.28. The van der Waals surface area contributed by atoms with Crippen LogP contribution in [0.5, 0.6) is 0 Å². The fraction of sp³-hybridized carbons (Fsp3) is 0.125. The number of nitrogens with zero attached hydrogens (tertiary/aromatic N) is 2. The highest BCUT2D eigenvalue weighted by molar-refractivity contribution is 7.11. The summed E-state index contributed by atoms with van der Waals surface area (Å²) in [5.74, 6) is -0.781. The van der Waals surface area contributed by atoms with Crippen molar-refractivity contribution in [1.82, 2.24) is 0 Å². The number of para-hydroxylation sites is 1. The number of anilines is 1. The van der Waals surface area contributed by atoms with Crippen molar-refractivity contribution in [1.29, 1.82) is 0 Å². The Morgan fingerprint density at radius 2 is 1.87 bits per heavy atom. The van der Waals surface area contributed by atoms with Crippen LogP contribution in [0.15, 0.2) is 52.5 Å². The normalized spacial score (nSPS) is 17.0. The summed E-state index contributed by atoms with van der Waals surface area (Å²) < 4.78 is 39.8. The number of thiophene rings is 1. The molecule has 0 atom stereocenters. The predicted molar refractivity (Wildman–Crippen MR) is 84.5 cm³/mol. The minimum absolute atomic E-state index is 0.297. The molecule has 0 spiro atoms. The van der Waals surface area contributed by atoms with Gasteiger partial charge in [-0.05, 0) is 42.1 Å². The molecule has 118 valence electrons. The van der Waals surface area contributed by atoms with Crippen LogP contribution in [0.1, 0.15) is 10.4 Å². The molecule has 2 aromatic rings. The first-order chi connectivity index (χ1) is 10.9. The standard InChI is InChI=1S/C16H11F3N2OS/c1-10-7-8-23-13(10)9-12-14(16(17,18)19)20-21(15(12)22)11-5-3-2-4-6-11/h2-9H,1H3/b12-9-. The molecule has 0 radical (unpaired) electrons. The second-order valence-electron chi connectivity index (χ2n) is 4.92. The minimum atomic E-state index is -4.70. The van der Waals surface area contributed by atoms with Crippen molar-refractivity contribution in [3.05, 3.63) is 57.8 Å².